The number of hydrogen-bond acceptors (Lipinski definition) is 4. The van der Waals surface area contributed by atoms with Gasteiger partial charge in [-0.15, -0.1) is 0 Å². The van der Waals surface area contributed by atoms with Gasteiger partial charge in [0.1, 0.15) is 0 Å². The van der Waals surface area contributed by atoms with Crippen molar-refractivity contribution < 1.29 is 19.3 Å². The summed E-state index contributed by atoms with van der Waals surface area (Å²) < 4.78 is 14.3. The van der Waals surface area contributed by atoms with Crippen molar-refractivity contribution in [3.05, 3.63) is 0 Å². The van der Waals surface area contributed by atoms with Crippen LogP contribution in [-0.2, 0) is 14.2 Å². The van der Waals surface area contributed by atoms with Crippen molar-refractivity contribution in [3.63, 3.8) is 0 Å². The average molecular weight is 208 g/mol. The minimum Gasteiger partial charge on any atom is -0.394 e. The average Bonchev–Trinajstić information content (AvgIpc) is 2.22. The lowest BCUT2D eigenvalue weighted by atomic mass is 10.4. The highest BCUT2D eigenvalue weighted by molar-refractivity contribution is 4.30. The summed E-state index contributed by atoms with van der Waals surface area (Å²) in [4.78, 5) is 0. The Kier molecular flexibility index (Phi) is 21.6. The van der Waals surface area contributed by atoms with Crippen LogP contribution in [0, 0.1) is 0 Å². The van der Waals surface area contributed by atoms with E-state index in [1.807, 2.05) is 0 Å². The van der Waals surface area contributed by atoms with Gasteiger partial charge in [0.2, 0.25) is 0 Å². The molecule has 0 rings (SSSR count). The van der Waals surface area contributed by atoms with Crippen LogP contribution in [0.15, 0.2) is 0 Å². The van der Waals surface area contributed by atoms with Crippen molar-refractivity contribution in [2.45, 2.75) is 19.8 Å². The smallest absolute Gasteiger partial charge is 0.0697 e. The van der Waals surface area contributed by atoms with Gasteiger partial charge >= 0.3 is 0 Å². The van der Waals surface area contributed by atoms with Gasteiger partial charge < -0.3 is 19.3 Å². The Hall–Kier alpha value is -0.160. The molecule has 0 radical (unpaired) electrons. The second kappa shape index (κ2) is 18.6. The van der Waals surface area contributed by atoms with E-state index < -0.39 is 0 Å². The van der Waals surface area contributed by atoms with E-state index in [1.165, 1.54) is 0 Å². The fraction of sp³-hybridized carbons (Fsp3) is 1.00. The molecule has 0 aliphatic carbocycles. The van der Waals surface area contributed by atoms with Crippen molar-refractivity contribution in [2.24, 2.45) is 0 Å². The number of aliphatic hydroxyl groups is 1. The van der Waals surface area contributed by atoms with E-state index in [0.29, 0.717) is 19.8 Å². The molecule has 4 heteroatoms. The molecular formula is C10H24O4. The number of hydrogen-bond donors (Lipinski definition) is 1. The Morgan fingerprint density at radius 1 is 0.929 bits per heavy atom. The largest absolute Gasteiger partial charge is 0.394 e. The van der Waals surface area contributed by atoms with Crippen molar-refractivity contribution in [1.82, 2.24) is 0 Å². The van der Waals surface area contributed by atoms with E-state index in [-0.39, 0.29) is 6.61 Å². The van der Waals surface area contributed by atoms with E-state index >= 15 is 0 Å². The molecular weight excluding hydrogens is 184 g/mol. The first-order valence-electron chi connectivity index (χ1n) is 4.99. The molecule has 14 heavy (non-hydrogen) atoms. The van der Waals surface area contributed by atoms with Gasteiger partial charge in [0, 0.05) is 20.8 Å². The fourth-order valence-electron chi connectivity index (χ4n) is 0.580. The monoisotopic (exact) mass is 208 g/mol. The van der Waals surface area contributed by atoms with Crippen LogP contribution in [0.2, 0.25) is 0 Å². The van der Waals surface area contributed by atoms with Crippen LogP contribution in [0.1, 0.15) is 19.8 Å². The van der Waals surface area contributed by atoms with Gasteiger partial charge in [0.15, 0.2) is 0 Å². The molecule has 0 saturated carbocycles. The van der Waals surface area contributed by atoms with E-state index in [4.69, 9.17) is 9.84 Å². The van der Waals surface area contributed by atoms with Crippen molar-refractivity contribution in [3.8, 4) is 0 Å². The topological polar surface area (TPSA) is 47.9 Å². The van der Waals surface area contributed by atoms with E-state index in [0.717, 1.165) is 19.4 Å². The van der Waals surface area contributed by atoms with Crippen LogP contribution in [-0.4, -0.2) is 52.4 Å². The highest BCUT2D eigenvalue weighted by Crippen LogP contribution is 1.85. The Labute approximate surface area is 87.2 Å². The lowest BCUT2D eigenvalue weighted by Crippen LogP contribution is -1.99. The first-order valence-corrected chi connectivity index (χ1v) is 4.99. The molecule has 0 spiro atoms. The van der Waals surface area contributed by atoms with Gasteiger partial charge in [-0.05, 0) is 6.42 Å². The molecule has 88 valence electrons. The molecule has 0 aromatic carbocycles. The first kappa shape index (κ1) is 16.3. The molecule has 0 amide bonds. The standard InChI is InChI=1S/C6H14O2.C4H10O2/c1-2-3-5-8-6-4-7;1-5-3-4-6-2/h7H,2-6H2,1H3;3-4H2,1-2H3. The maximum atomic E-state index is 8.24. The van der Waals surface area contributed by atoms with Crippen LogP contribution >= 0.6 is 0 Å². The second-order valence-corrected chi connectivity index (χ2v) is 2.68. The molecule has 0 aliphatic heterocycles. The summed E-state index contributed by atoms with van der Waals surface area (Å²) in [7, 11) is 3.30. The Balaban J connectivity index is 0. The number of methoxy groups -OCH3 is 2. The number of unbranched alkanes of at least 4 members (excludes halogenated alkanes) is 1. The molecule has 0 fully saturated rings. The van der Waals surface area contributed by atoms with E-state index in [9.17, 15) is 0 Å². The maximum absolute atomic E-state index is 8.24. The normalized spacial score (nSPS) is 9.43. The highest BCUT2D eigenvalue weighted by Gasteiger charge is 1.82. The van der Waals surface area contributed by atoms with Crippen LogP contribution in [0.4, 0.5) is 0 Å². The predicted octanol–water partition coefficient (Wildman–Crippen LogP) is 1.07. The summed E-state index contributed by atoms with van der Waals surface area (Å²) in [6.07, 6.45) is 2.26. The lowest BCUT2D eigenvalue weighted by Gasteiger charge is -1.97. The molecule has 1 N–H and O–H groups in total. The molecule has 0 unspecified atom stereocenters. The van der Waals surface area contributed by atoms with Crippen LogP contribution < -0.4 is 0 Å². The molecule has 0 saturated heterocycles. The summed E-state index contributed by atoms with van der Waals surface area (Å²) in [6.45, 7) is 4.91. The van der Waals surface area contributed by atoms with Crippen molar-refractivity contribution >= 4 is 0 Å². The number of ether oxygens (including phenoxy) is 3. The van der Waals surface area contributed by atoms with Gasteiger partial charge in [-0.2, -0.15) is 0 Å². The second-order valence-electron chi connectivity index (χ2n) is 2.68. The fourth-order valence-corrected chi connectivity index (χ4v) is 0.580. The maximum Gasteiger partial charge on any atom is 0.0697 e. The van der Waals surface area contributed by atoms with E-state index in [2.05, 4.69) is 16.4 Å². The predicted molar refractivity (Wildman–Crippen MR) is 56.6 cm³/mol. The number of aliphatic hydroxyl groups excluding tert-OH is 1. The summed E-state index contributed by atoms with van der Waals surface area (Å²) in [5, 5.41) is 8.24. The molecule has 4 nitrogen and oxygen atoms in total. The highest BCUT2D eigenvalue weighted by atomic mass is 16.5. The lowest BCUT2D eigenvalue weighted by molar-refractivity contribution is 0.0904. The van der Waals surface area contributed by atoms with Gasteiger partial charge in [-0.1, -0.05) is 13.3 Å². The third-order valence-corrected chi connectivity index (χ3v) is 1.37. The molecule has 0 atom stereocenters. The number of rotatable bonds is 8. The molecule has 0 heterocycles. The van der Waals surface area contributed by atoms with Crippen LogP contribution in [0.5, 0.6) is 0 Å². The summed E-state index contributed by atoms with van der Waals surface area (Å²) in [5.41, 5.74) is 0. The summed E-state index contributed by atoms with van der Waals surface area (Å²) >= 11 is 0. The van der Waals surface area contributed by atoms with Crippen molar-refractivity contribution in [2.75, 3.05) is 47.3 Å². The Morgan fingerprint density at radius 3 is 1.86 bits per heavy atom. The molecule has 0 aromatic heterocycles. The van der Waals surface area contributed by atoms with Gasteiger partial charge in [-0.25, -0.2) is 0 Å². The Morgan fingerprint density at radius 2 is 1.50 bits per heavy atom. The molecule has 0 aliphatic rings. The summed E-state index contributed by atoms with van der Waals surface area (Å²) in [6, 6.07) is 0. The minimum atomic E-state index is 0.143. The van der Waals surface area contributed by atoms with Gasteiger partial charge in [0.05, 0.1) is 26.4 Å². The zero-order valence-electron chi connectivity index (χ0n) is 9.62. The SMILES string of the molecule is CCCCOCCO.COCCOC. The molecule has 0 aromatic rings. The van der Waals surface area contributed by atoms with Crippen LogP contribution in [0.25, 0.3) is 0 Å². The van der Waals surface area contributed by atoms with E-state index in [1.54, 1.807) is 14.2 Å². The first-order chi connectivity index (χ1) is 6.83. The minimum absolute atomic E-state index is 0.143. The zero-order chi connectivity index (χ0) is 11.1. The molecule has 0 bridgehead atoms. The van der Waals surface area contributed by atoms with Gasteiger partial charge in [0.25, 0.3) is 0 Å². The Bertz CT molecular complexity index is 68.5. The van der Waals surface area contributed by atoms with Crippen molar-refractivity contribution in [1.29, 1.82) is 0 Å². The summed E-state index contributed by atoms with van der Waals surface area (Å²) in [5.74, 6) is 0. The van der Waals surface area contributed by atoms with Crippen LogP contribution in [0.3, 0.4) is 0 Å². The van der Waals surface area contributed by atoms with Gasteiger partial charge in [-0.3, -0.25) is 0 Å². The third kappa shape index (κ3) is 22.6. The quantitative estimate of drug-likeness (QED) is 0.606. The third-order valence-electron chi connectivity index (χ3n) is 1.37. The zero-order valence-corrected chi connectivity index (χ0v) is 9.62.